The molecule has 14 heavy (non-hydrogen) atoms. The fraction of sp³-hybridized carbons (Fsp3) is 0.500. The molecule has 1 aromatic rings. The van der Waals surface area contributed by atoms with Crippen LogP contribution >= 0.6 is 0 Å². The van der Waals surface area contributed by atoms with Crippen LogP contribution in [-0.2, 0) is 4.74 Å². The predicted molar refractivity (Wildman–Crippen MR) is 46.3 cm³/mol. The zero-order chi connectivity index (χ0) is 9.97. The minimum Gasteiger partial charge on any atom is -0.472 e. The fourth-order valence-electron chi connectivity index (χ4n) is 1.25. The van der Waals surface area contributed by atoms with Crippen LogP contribution in [0, 0.1) is 5.95 Å². The molecule has 0 bridgehead atoms. The molecule has 0 unspecified atom stereocenters. The van der Waals surface area contributed by atoms with Gasteiger partial charge in [-0.05, 0) is 0 Å². The maximum atomic E-state index is 12.8. The van der Waals surface area contributed by atoms with Gasteiger partial charge < -0.3 is 15.2 Å². The SMILES string of the molecule is Nc1nc(F)cc(O[C@@H]2CCOC2)n1. The molecule has 0 aromatic carbocycles. The molecule has 2 rings (SSSR count). The number of halogens is 1. The molecule has 5 nitrogen and oxygen atoms in total. The topological polar surface area (TPSA) is 70.3 Å². The van der Waals surface area contributed by atoms with E-state index in [0.29, 0.717) is 13.2 Å². The van der Waals surface area contributed by atoms with Gasteiger partial charge in [0.05, 0.1) is 19.3 Å². The molecule has 1 aliphatic heterocycles. The first-order chi connectivity index (χ1) is 6.74. The molecule has 1 fully saturated rings. The molecule has 2 heterocycles. The summed E-state index contributed by atoms with van der Waals surface area (Å²) < 4.78 is 23.2. The molecule has 6 heteroatoms. The molecule has 0 aliphatic carbocycles. The van der Waals surface area contributed by atoms with E-state index < -0.39 is 5.95 Å². The summed E-state index contributed by atoms with van der Waals surface area (Å²) in [6.07, 6.45) is 0.717. The number of rotatable bonds is 2. The molecular weight excluding hydrogens is 189 g/mol. The van der Waals surface area contributed by atoms with Crippen molar-refractivity contribution < 1.29 is 13.9 Å². The van der Waals surface area contributed by atoms with Gasteiger partial charge in [0.2, 0.25) is 17.8 Å². The monoisotopic (exact) mass is 199 g/mol. The number of nitrogen functional groups attached to an aromatic ring is 1. The van der Waals surface area contributed by atoms with Gasteiger partial charge in [-0.1, -0.05) is 0 Å². The lowest BCUT2D eigenvalue weighted by Crippen LogP contribution is -2.17. The molecule has 2 N–H and O–H groups in total. The summed E-state index contributed by atoms with van der Waals surface area (Å²) in [4.78, 5) is 7.04. The highest BCUT2D eigenvalue weighted by Crippen LogP contribution is 2.15. The van der Waals surface area contributed by atoms with Gasteiger partial charge in [-0.25, -0.2) is 0 Å². The van der Waals surface area contributed by atoms with Crippen molar-refractivity contribution in [1.29, 1.82) is 0 Å². The number of ether oxygens (including phenoxy) is 2. The van der Waals surface area contributed by atoms with Crippen LogP contribution < -0.4 is 10.5 Å². The van der Waals surface area contributed by atoms with Gasteiger partial charge in [0.1, 0.15) is 6.10 Å². The van der Waals surface area contributed by atoms with Gasteiger partial charge in [-0.3, -0.25) is 0 Å². The third-order valence-corrected chi connectivity index (χ3v) is 1.86. The van der Waals surface area contributed by atoms with Crippen molar-refractivity contribution in [2.24, 2.45) is 0 Å². The van der Waals surface area contributed by atoms with Crippen molar-refractivity contribution in [1.82, 2.24) is 9.97 Å². The molecular formula is C8H10FN3O2. The van der Waals surface area contributed by atoms with E-state index in [1.807, 2.05) is 0 Å². The van der Waals surface area contributed by atoms with Crippen molar-refractivity contribution in [3.8, 4) is 5.88 Å². The van der Waals surface area contributed by atoms with Crippen molar-refractivity contribution in [2.75, 3.05) is 18.9 Å². The van der Waals surface area contributed by atoms with Gasteiger partial charge in [-0.15, -0.1) is 0 Å². The maximum absolute atomic E-state index is 12.8. The Morgan fingerprint density at radius 1 is 1.57 bits per heavy atom. The Hall–Kier alpha value is -1.43. The Balaban J connectivity index is 2.07. The Morgan fingerprint density at radius 2 is 2.43 bits per heavy atom. The smallest absolute Gasteiger partial charge is 0.226 e. The highest BCUT2D eigenvalue weighted by atomic mass is 19.1. The predicted octanol–water partition coefficient (Wildman–Crippen LogP) is 0.366. The molecule has 1 atom stereocenters. The van der Waals surface area contributed by atoms with E-state index in [9.17, 15) is 4.39 Å². The Labute approximate surface area is 80.1 Å². The standard InChI is InChI=1S/C8H10FN3O2/c9-6-3-7(12-8(10)11-6)14-5-1-2-13-4-5/h3,5H,1-2,4H2,(H2,10,11,12)/t5-/m1/s1. The average molecular weight is 199 g/mol. The fourth-order valence-corrected chi connectivity index (χ4v) is 1.25. The first kappa shape index (κ1) is 9.14. The summed E-state index contributed by atoms with van der Waals surface area (Å²) in [6.45, 7) is 1.17. The Kier molecular flexibility index (Phi) is 2.45. The van der Waals surface area contributed by atoms with Gasteiger partial charge in [0.25, 0.3) is 0 Å². The Bertz CT molecular complexity index is 308. The molecule has 1 aromatic heterocycles. The second-order valence-corrected chi connectivity index (χ2v) is 2.99. The van der Waals surface area contributed by atoms with Gasteiger partial charge in [0, 0.05) is 6.42 Å². The van der Waals surface area contributed by atoms with Gasteiger partial charge >= 0.3 is 0 Å². The summed E-state index contributed by atoms with van der Waals surface area (Å²) in [6, 6.07) is 1.11. The minimum atomic E-state index is -0.689. The molecule has 76 valence electrons. The van der Waals surface area contributed by atoms with Crippen LogP contribution in [0.2, 0.25) is 0 Å². The molecule has 0 saturated carbocycles. The second kappa shape index (κ2) is 3.75. The van der Waals surface area contributed by atoms with Crippen molar-refractivity contribution in [3.05, 3.63) is 12.0 Å². The van der Waals surface area contributed by atoms with E-state index >= 15 is 0 Å². The van der Waals surface area contributed by atoms with Crippen LogP contribution in [0.5, 0.6) is 5.88 Å². The number of aromatic nitrogens is 2. The van der Waals surface area contributed by atoms with Crippen LogP contribution in [0.15, 0.2) is 6.07 Å². The number of anilines is 1. The van der Waals surface area contributed by atoms with Crippen LogP contribution in [-0.4, -0.2) is 29.3 Å². The van der Waals surface area contributed by atoms with E-state index in [1.54, 1.807) is 0 Å². The summed E-state index contributed by atoms with van der Waals surface area (Å²) in [5.41, 5.74) is 5.26. The minimum absolute atomic E-state index is 0.0660. The van der Waals surface area contributed by atoms with Crippen LogP contribution in [0.3, 0.4) is 0 Å². The first-order valence-electron chi connectivity index (χ1n) is 4.28. The largest absolute Gasteiger partial charge is 0.472 e. The van der Waals surface area contributed by atoms with Crippen molar-refractivity contribution in [3.63, 3.8) is 0 Å². The summed E-state index contributed by atoms with van der Waals surface area (Å²) in [5, 5.41) is 0. The van der Waals surface area contributed by atoms with E-state index in [1.165, 1.54) is 0 Å². The lowest BCUT2D eigenvalue weighted by Gasteiger charge is -2.10. The second-order valence-electron chi connectivity index (χ2n) is 2.99. The van der Waals surface area contributed by atoms with E-state index in [0.717, 1.165) is 12.5 Å². The lowest BCUT2D eigenvalue weighted by atomic mass is 10.3. The zero-order valence-corrected chi connectivity index (χ0v) is 7.44. The average Bonchev–Trinajstić information content (AvgIpc) is 2.54. The van der Waals surface area contributed by atoms with Crippen molar-refractivity contribution >= 4 is 5.95 Å². The highest BCUT2D eigenvalue weighted by molar-refractivity contribution is 5.21. The first-order valence-corrected chi connectivity index (χ1v) is 4.28. The van der Waals surface area contributed by atoms with E-state index in [4.69, 9.17) is 15.2 Å². The van der Waals surface area contributed by atoms with Crippen molar-refractivity contribution in [2.45, 2.75) is 12.5 Å². The van der Waals surface area contributed by atoms with Crippen LogP contribution in [0.1, 0.15) is 6.42 Å². The molecule has 0 radical (unpaired) electrons. The summed E-state index contributed by atoms with van der Waals surface area (Å²) in [7, 11) is 0. The third kappa shape index (κ3) is 2.08. The molecule has 0 spiro atoms. The lowest BCUT2D eigenvalue weighted by molar-refractivity contribution is 0.137. The molecule has 0 amide bonds. The number of hydrogen-bond donors (Lipinski definition) is 1. The van der Waals surface area contributed by atoms with Gasteiger partial charge in [-0.2, -0.15) is 14.4 Å². The molecule has 1 saturated heterocycles. The van der Waals surface area contributed by atoms with Gasteiger partial charge in [0.15, 0.2) is 0 Å². The Morgan fingerprint density at radius 3 is 3.07 bits per heavy atom. The zero-order valence-electron chi connectivity index (χ0n) is 7.44. The van der Waals surface area contributed by atoms with Crippen LogP contribution in [0.25, 0.3) is 0 Å². The molecule has 1 aliphatic rings. The number of nitrogens with zero attached hydrogens (tertiary/aromatic N) is 2. The quantitative estimate of drug-likeness (QED) is 0.696. The van der Waals surface area contributed by atoms with E-state index in [-0.39, 0.29) is 17.9 Å². The summed E-state index contributed by atoms with van der Waals surface area (Å²) in [5.74, 6) is -0.657. The van der Waals surface area contributed by atoms with Crippen LogP contribution in [0.4, 0.5) is 10.3 Å². The summed E-state index contributed by atoms with van der Waals surface area (Å²) >= 11 is 0. The third-order valence-electron chi connectivity index (χ3n) is 1.86. The maximum Gasteiger partial charge on any atom is 0.226 e. The number of nitrogens with two attached hydrogens (primary N) is 1. The normalized spacial score (nSPS) is 21.1. The van der Waals surface area contributed by atoms with E-state index in [2.05, 4.69) is 9.97 Å². The number of hydrogen-bond acceptors (Lipinski definition) is 5. The highest BCUT2D eigenvalue weighted by Gasteiger charge is 2.18.